The molecule has 0 saturated carbocycles. The monoisotopic (exact) mass is 139 g/mol. The summed E-state index contributed by atoms with van der Waals surface area (Å²) >= 11 is 9.61. The predicted octanol–water partition coefficient (Wildman–Crippen LogP) is 1.66. The van der Waals surface area contributed by atoms with Crippen molar-refractivity contribution in [1.29, 1.82) is 0 Å². The molecule has 0 aromatic carbocycles. The fourth-order valence-electron chi connectivity index (χ4n) is 0.406. The lowest BCUT2D eigenvalue weighted by atomic mass is 10.2. The number of hydrogen-bond acceptors (Lipinski definition) is 2. The first-order valence-corrected chi connectivity index (χ1v) is 2.97. The largest absolute Gasteiger partial charge is 0.0785 e. The van der Waals surface area contributed by atoms with E-state index in [-0.39, 0.29) is 0 Å². The van der Waals surface area contributed by atoms with E-state index in [1.807, 2.05) is 6.08 Å². The Morgan fingerprint density at radius 3 is 2.50 bits per heavy atom. The summed E-state index contributed by atoms with van der Waals surface area (Å²) in [6.45, 7) is 0. The maximum atomic E-state index is 4.82. The van der Waals surface area contributed by atoms with Gasteiger partial charge in [-0.05, 0) is 6.08 Å². The molecule has 0 atom stereocenters. The Morgan fingerprint density at radius 1 is 1.38 bits per heavy atom. The van der Waals surface area contributed by atoms with Crippen LogP contribution in [-0.2, 0) is 0 Å². The molecule has 0 amide bonds. The van der Waals surface area contributed by atoms with Crippen molar-refractivity contribution in [1.82, 2.24) is 0 Å². The second-order valence-electron chi connectivity index (χ2n) is 1.36. The van der Waals surface area contributed by atoms with Crippen LogP contribution in [0.15, 0.2) is 18.2 Å². The molecular weight excluding hydrogens is 136 g/mol. The maximum absolute atomic E-state index is 4.82. The summed E-state index contributed by atoms with van der Waals surface area (Å²) in [5, 5.41) is 0. The van der Waals surface area contributed by atoms with Gasteiger partial charge in [0.1, 0.15) is 0 Å². The molecule has 0 bridgehead atoms. The van der Waals surface area contributed by atoms with Crippen LogP contribution >= 0.6 is 24.4 Å². The van der Waals surface area contributed by atoms with Crippen molar-refractivity contribution < 1.29 is 0 Å². The Balaban J connectivity index is 2.89. The lowest BCUT2D eigenvalue weighted by Crippen LogP contribution is -2.04. The van der Waals surface area contributed by atoms with Gasteiger partial charge in [0.25, 0.3) is 0 Å². The maximum Gasteiger partial charge on any atom is 0.0636 e. The van der Waals surface area contributed by atoms with Gasteiger partial charge in [-0.3, -0.25) is 0 Å². The van der Waals surface area contributed by atoms with E-state index < -0.39 is 0 Å². The topological polar surface area (TPSA) is 0 Å². The fraction of sp³-hybridized carbons (Fsp3) is 0. The van der Waals surface area contributed by atoms with E-state index >= 15 is 0 Å². The van der Waals surface area contributed by atoms with Gasteiger partial charge in [0.2, 0.25) is 0 Å². The highest BCUT2D eigenvalue weighted by molar-refractivity contribution is 7.89. The average molecular weight is 139 g/mol. The summed E-state index contributed by atoms with van der Waals surface area (Å²) in [5.74, 6) is 0. The van der Waals surface area contributed by atoms with Crippen LogP contribution in [0.2, 0.25) is 0 Å². The fourth-order valence-corrected chi connectivity index (χ4v) is 0.680. The van der Waals surface area contributed by atoms with E-state index in [1.165, 1.54) is 0 Å². The summed E-state index contributed by atoms with van der Waals surface area (Å²) < 4.78 is 0. The molecule has 1 rings (SSSR count). The quantitative estimate of drug-likeness (QED) is 0.468. The van der Waals surface area contributed by atoms with Crippen molar-refractivity contribution in [3.8, 4) is 0 Å². The van der Waals surface area contributed by atoms with E-state index in [0.29, 0.717) is 9.73 Å². The van der Waals surface area contributed by atoms with Crippen LogP contribution in [0.5, 0.6) is 0 Å². The first kappa shape index (κ1) is 5.79. The van der Waals surface area contributed by atoms with E-state index in [1.54, 1.807) is 12.2 Å². The van der Waals surface area contributed by atoms with Crippen LogP contribution in [-0.4, -0.2) is 9.73 Å². The van der Waals surface area contributed by atoms with Crippen molar-refractivity contribution >= 4 is 34.2 Å². The van der Waals surface area contributed by atoms with Gasteiger partial charge in [0.15, 0.2) is 0 Å². The number of thiocarbonyl (C=S) groups is 2. The van der Waals surface area contributed by atoms with Gasteiger partial charge >= 0.3 is 0 Å². The van der Waals surface area contributed by atoms with Gasteiger partial charge in [0.05, 0.1) is 9.73 Å². The molecule has 8 heavy (non-hydrogen) atoms. The highest BCUT2D eigenvalue weighted by Gasteiger charge is 1.97. The summed E-state index contributed by atoms with van der Waals surface area (Å²) in [6, 6.07) is 0. The average Bonchev–Trinajstić information content (AvgIpc) is 1.77. The summed E-state index contributed by atoms with van der Waals surface area (Å²) in [4.78, 5) is 1.35. The Morgan fingerprint density at radius 2 is 2.12 bits per heavy atom. The van der Waals surface area contributed by atoms with Gasteiger partial charge in [0, 0.05) is 6.08 Å². The zero-order valence-corrected chi connectivity index (χ0v) is 5.68. The molecule has 0 N–H and O–H groups in total. The van der Waals surface area contributed by atoms with Gasteiger partial charge in [-0.15, -0.1) is 0 Å². The minimum Gasteiger partial charge on any atom is -0.0785 e. The molecule has 0 spiro atoms. The van der Waals surface area contributed by atoms with Crippen molar-refractivity contribution in [3.63, 3.8) is 0 Å². The van der Waals surface area contributed by atoms with Crippen LogP contribution < -0.4 is 0 Å². The van der Waals surface area contributed by atoms with E-state index in [4.69, 9.17) is 24.4 Å². The van der Waals surface area contributed by atoms with Gasteiger partial charge < -0.3 is 0 Å². The van der Waals surface area contributed by atoms with Crippen molar-refractivity contribution in [2.75, 3.05) is 0 Å². The Hall–Kier alpha value is -0.340. The molecular formula is C6H3S2. The lowest BCUT2D eigenvalue weighted by molar-refractivity contribution is 1.96. The predicted molar refractivity (Wildman–Crippen MR) is 42.1 cm³/mol. The van der Waals surface area contributed by atoms with E-state index in [9.17, 15) is 0 Å². The molecule has 0 heterocycles. The van der Waals surface area contributed by atoms with Crippen LogP contribution in [0, 0.1) is 6.08 Å². The van der Waals surface area contributed by atoms with Crippen LogP contribution in [0.4, 0.5) is 0 Å². The minimum absolute atomic E-state index is 0.641. The minimum atomic E-state index is 0.641. The molecule has 0 unspecified atom stereocenters. The van der Waals surface area contributed by atoms with E-state index in [0.717, 1.165) is 0 Å². The highest BCUT2D eigenvalue weighted by Crippen LogP contribution is 1.95. The zero-order valence-electron chi connectivity index (χ0n) is 4.05. The molecule has 39 valence electrons. The molecule has 0 aromatic heterocycles. The molecule has 1 radical (unpaired) electrons. The van der Waals surface area contributed by atoms with Gasteiger partial charge in [-0.2, -0.15) is 0 Å². The molecule has 0 aliphatic heterocycles. The first-order valence-electron chi connectivity index (χ1n) is 2.15. The second kappa shape index (κ2) is 2.29. The summed E-state index contributed by atoms with van der Waals surface area (Å²) in [5.41, 5.74) is 0. The van der Waals surface area contributed by atoms with E-state index in [2.05, 4.69) is 6.08 Å². The van der Waals surface area contributed by atoms with Gasteiger partial charge in [-0.25, -0.2) is 0 Å². The van der Waals surface area contributed by atoms with Crippen molar-refractivity contribution in [2.24, 2.45) is 0 Å². The summed E-state index contributed by atoms with van der Waals surface area (Å²) in [7, 11) is 0. The molecule has 0 nitrogen and oxygen atoms in total. The third-order valence-electron chi connectivity index (χ3n) is 0.782. The van der Waals surface area contributed by atoms with Gasteiger partial charge in [-0.1, -0.05) is 36.6 Å². The smallest absolute Gasteiger partial charge is 0.0636 e. The molecule has 0 saturated heterocycles. The Labute approximate surface area is 58.9 Å². The summed E-state index contributed by atoms with van der Waals surface area (Å²) in [6.07, 6.45) is 8.20. The highest BCUT2D eigenvalue weighted by atomic mass is 32.1. The van der Waals surface area contributed by atoms with Crippen molar-refractivity contribution in [3.05, 3.63) is 24.3 Å². The number of hydrogen-bond donors (Lipinski definition) is 0. The molecule has 1 aliphatic carbocycles. The molecule has 0 aromatic rings. The first-order chi connectivity index (χ1) is 3.80. The zero-order chi connectivity index (χ0) is 5.98. The number of allylic oxidation sites excluding steroid dienone is 4. The normalized spacial score (nSPS) is 17.5. The Bertz CT molecular complexity index is 165. The van der Waals surface area contributed by atoms with Crippen LogP contribution in [0.1, 0.15) is 0 Å². The standard InChI is InChI=1S/C6H3S2/c7-5-3-1-2-4-6(5)8/h1-3H. The third kappa shape index (κ3) is 1.08. The molecule has 2 heteroatoms. The molecule has 0 fully saturated rings. The Kier molecular flexibility index (Phi) is 1.65. The number of rotatable bonds is 0. The lowest BCUT2D eigenvalue weighted by Gasteiger charge is -1.94. The second-order valence-corrected chi connectivity index (χ2v) is 2.21. The van der Waals surface area contributed by atoms with Crippen LogP contribution in [0.25, 0.3) is 0 Å². The third-order valence-corrected chi connectivity index (χ3v) is 1.59. The molecule has 1 aliphatic rings. The van der Waals surface area contributed by atoms with Crippen molar-refractivity contribution in [2.45, 2.75) is 0 Å². The van der Waals surface area contributed by atoms with Crippen LogP contribution in [0.3, 0.4) is 0 Å². The SMILES string of the molecule is S=C1[C]=CC=CC1=S.